The molecule has 0 bridgehead atoms. The van der Waals surface area contributed by atoms with Crippen LogP contribution in [0.4, 0.5) is 10.2 Å². The third kappa shape index (κ3) is 2.93. The van der Waals surface area contributed by atoms with E-state index < -0.39 is 0 Å². The molecule has 0 radical (unpaired) electrons. The van der Waals surface area contributed by atoms with Crippen molar-refractivity contribution in [3.8, 4) is 5.75 Å². The highest BCUT2D eigenvalue weighted by Gasteiger charge is 2.01. The molecule has 2 N–H and O–H groups in total. The Morgan fingerprint density at radius 3 is 2.82 bits per heavy atom. The first kappa shape index (κ1) is 11.4. The molecule has 0 atom stereocenters. The van der Waals surface area contributed by atoms with Gasteiger partial charge in [-0.15, -0.1) is 0 Å². The maximum absolute atomic E-state index is 13.3. The van der Waals surface area contributed by atoms with E-state index in [0.29, 0.717) is 22.8 Å². The quantitative estimate of drug-likeness (QED) is 0.885. The summed E-state index contributed by atoms with van der Waals surface area (Å²) in [6.07, 6.45) is 0. The lowest BCUT2D eigenvalue weighted by Gasteiger charge is -2.07. The second-order valence-corrected chi connectivity index (χ2v) is 3.75. The van der Waals surface area contributed by atoms with E-state index in [0.717, 1.165) is 0 Å². The van der Waals surface area contributed by atoms with Crippen molar-refractivity contribution >= 4 is 5.82 Å². The Kier molecular flexibility index (Phi) is 3.23. The van der Waals surface area contributed by atoms with Crippen molar-refractivity contribution in [2.24, 2.45) is 0 Å². The van der Waals surface area contributed by atoms with E-state index in [4.69, 9.17) is 10.5 Å². The molecule has 3 nitrogen and oxygen atoms in total. The van der Waals surface area contributed by atoms with E-state index in [1.54, 1.807) is 37.3 Å². The maximum Gasteiger partial charge on any atom is 0.130 e. The SMILES string of the molecule is Cc1ccc(OCc2cccc(N)n2)cc1F. The number of hydrogen-bond acceptors (Lipinski definition) is 3. The predicted octanol–water partition coefficient (Wildman–Crippen LogP) is 2.69. The van der Waals surface area contributed by atoms with Crippen molar-refractivity contribution in [1.29, 1.82) is 0 Å². The normalized spacial score (nSPS) is 10.2. The van der Waals surface area contributed by atoms with Gasteiger partial charge in [0.1, 0.15) is 24.0 Å². The zero-order chi connectivity index (χ0) is 12.3. The second kappa shape index (κ2) is 4.82. The number of aromatic nitrogens is 1. The van der Waals surface area contributed by atoms with Crippen LogP contribution >= 0.6 is 0 Å². The van der Waals surface area contributed by atoms with Crippen molar-refractivity contribution in [1.82, 2.24) is 4.98 Å². The van der Waals surface area contributed by atoms with Gasteiger partial charge in [0.15, 0.2) is 0 Å². The Bertz CT molecular complexity index is 529. The molecule has 0 spiro atoms. The Labute approximate surface area is 99.1 Å². The van der Waals surface area contributed by atoms with Crippen LogP contribution in [-0.4, -0.2) is 4.98 Å². The summed E-state index contributed by atoms with van der Waals surface area (Å²) in [5.41, 5.74) is 6.86. The summed E-state index contributed by atoms with van der Waals surface area (Å²) in [6.45, 7) is 1.98. The number of pyridine rings is 1. The Morgan fingerprint density at radius 2 is 2.12 bits per heavy atom. The van der Waals surface area contributed by atoms with Crippen LogP contribution in [0.5, 0.6) is 5.75 Å². The van der Waals surface area contributed by atoms with Gasteiger partial charge in [-0.1, -0.05) is 12.1 Å². The summed E-state index contributed by atoms with van der Waals surface area (Å²) >= 11 is 0. The Hall–Kier alpha value is -2.10. The predicted molar refractivity (Wildman–Crippen MR) is 64.1 cm³/mol. The van der Waals surface area contributed by atoms with Crippen molar-refractivity contribution in [3.63, 3.8) is 0 Å². The summed E-state index contributed by atoms with van der Waals surface area (Å²) in [4.78, 5) is 4.09. The number of rotatable bonds is 3. The number of halogens is 1. The van der Waals surface area contributed by atoms with Gasteiger partial charge in [-0.05, 0) is 30.7 Å². The molecule has 88 valence electrons. The lowest BCUT2D eigenvalue weighted by molar-refractivity contribution is 0.300. The minimum atomic E-state index is -0.275. The van der Waals surface area contributed by atoms with Crippen molar-refractivity contribution in [3.05, 3.63) is 53.5 Å². The molecule has 1 aromatic carbocycles. The van der Waals surface area contributed by atoms with Gasteiger partial charge >= 0.3 is 0 Å². The maximum atomic E-state index is 13.3. The van der Waals surface area contributed by atoms with Crippen LogP contribution in [0.2, 0.25) is 0 Å². The first-order chi connectivity index (χ1) is 8.15. The molecule has 0 aliphatic carbocycles. The van der Waals surface area contributed by atoms with Crippen LogP contribution in [0.1, 0.15) is 11.3 Å². The number of nitrogen functional groups attached to an aromatic ring is 1. The van der Waals surface area contributed by atoms with Crippen LogP contribution in [0, 0.1) is 12.7 Å². The molecule has 1 aromatic heterocycles. The van der Waals surface area contributed by atoms with E-state index in [9.17, 15) is 4.39 Å². The molecule has 17 heavy (non-hydrogen) atoms. The number of aryl methyl sites for hydroxylation is 1. The topological polar surface area (TPSA) is 48.1 Å². The lowest BCUT2D eigenvalue weighted by atomic mass is 10.2. The van der Waals surface area contributed by atoms with Gasteiger partial charge in [-0.2, -0.15) is 0 Å². The van der Waals surface area contributed by atoms with E-state index in [-0.39, 0.29) is 12.4 Å². The van der Waals surface area contributed by atoms with Crippen LogP contribution in [0.3, 0.4) is 0 Å². The highest BCUT2D eigenvalue weighted by molar-refractivity contribution is 5.30. The molecule has 0 amide bonds. The molecule has 0 saturated heterocycles. The molecule has 0 saturated carbocycles. The monoisotopic (exact) mass is 232 g/mol. The zero-order valence-corrected chi connectivity index (χ0v) is 9.48. The van der Waals surface area contributed by atoms with Crippen molar-refractivity contribution in [2.45, 2.75) is 13.5 Å². The van der Waals surface area contributed by atoms with E-state index in [2.05, 4.69) is 4.98 Å². The van der Waals surface area contributed by atoms with Crippen LogP contribution < -0.4 is 10.5 Å². The van der Waals surface area contributed by atoms with Gasteiger partial charge in [0.05, 0.1) is 5.69 Å². The van der Waals surface area contributed by atoms with Crippen LogP contribution in [-0.2, 0) is 6.61 Å². The van der Waals surface area contributed by atoms with E-state index >= 15 is 0 Å². The Morgan fingerprint density at radius 1 is 1.29 bits per heavy atom. The number of ether oxygens (including phenoxy) is 1. The van der Waals surface area contributed by atoms with Gasteiger partial charge in [0.2, 0.25) is 0 Å². The molecule has 0 aliphatic rings. The van der Waals surface area contributed by atoms with Crippen LogP contribution in [0.25, 0.3) is 0 Å². The molecule has 0 fully saturated rings. The van der Waals surface area contributed by atoms with Gasteiger partial charge in [-0.3, -0.25) is 0 Å². The number of nitrogens with zero attached hydrogens (tertiary/aromatic N) is 1. The van der Waals surface area contributed by atoms with Gasteiger partial charge in [0, 0.05) is 6.07 Å². The number of nitrogens with two attached hydrogens (primary N) is 1. The Balaban J connectivity index is 2.05. The third-order valence-corrected chi connectivity index (χ3v) is 2.36. The summed E-state index contributed by atoms with van der Waals surface area (Å²) < 4.78 is 18.7. The summed E-state index contributed by atoms with van der Waals surface area (Å²) in [5.74, 6) is 0.654. The smallest absolute Gasteiger partial charge is 0.130 e. The standard InChI is InChI=1S/C13H13FN2O/c1-9-5-6-11(7-12(9)14)17-8-10-3-2-4-13(15)16-10/h2-7H,8H2,1H3,(H2,15,16). The second-order valence-electron chi connectivity index (χ2n) is 3.75. The molecular formula is C13H13FN2O. The molecule has 1 heterocycles. The minimum absolute atomic E-state index is 0.271. The van der Waals surface area contributed by atoms with Gasteiger partial charge in [0.25, 0.3) is 0 Å². The first-order valence-electron chi connectivity index (χ1n) is 5.25. The highest BCUT2D eigenvalue weighted by atomic mass is 19.1. The first-order valence-corrected chi connectivity index (χ1v) is 5.25. The van der Waals surface area contributed by atoms with E-state index in [1.165, 1.54) is 6.07 Å². The van der Waals surface area contributed by atoms with Crippen LogP contribution in [0.15, 0.2) is 36.4 Å². The van der Waals surface area contributed by atoms with E-state index in [1.807, 2.05) is 0 Å². The third-order valence-electron chi connectivity index (χ3n) is 2.36. The van der Waals surface area contributed by atoms with Crippen molar-refractivity contribution in [2.75, 3.05) is 5.73 Å². The highest BCUT2D eigenvalue weighted by Crippen LogP contribution is 2.17. The fourth-order valence-corrected chi connectivity index (χ4v) is 1.40. The number of benzene rings is 1. The fourth-order valence-electron chi connectivity index (χ4n) is 1.40. The largest absolute Gasteiger partial charge is 0.487 e. The van der Waals surface area contributed by atoms with Crippen molar-refractivity contribution < 1.29 is 9.13 Å². The van der Waals surface area contributed by atoms with Gasteiger partial charge < -0.3 is 10.5 Å². The van der Waals surface area contributed by atoms with Gasteiger partial charge in [-0.25, -0.2) is 9.37 Å². The fraction of sp³-hybridized carbons (Fsp3) is 0.154. The molecule has 0 aliphatic heterocycles. The molecule has 2 rings (SSSR count). The number of hydrogen-bond donors (Lipinski definition) is 1. The molecule has 2 aromatic rings. The average molecular weight is 232 g/mol. The minimum Gasteiger partial charge on any atom is -0.487 e. The average Bonchev–Trinajstić information content (AvgIpc) is 2.31. The molecule has 0 unspecified atom stereocenters. The summed E-state index contributed by atoms with van der Waals surface area (Å²) in [6, 6.07) is 10.1. The zero-order valence-electron chi connectivity index (χ0n) is 9.48. The molecular weight excluding hydrogens is 219 g/mol. The summed E-state index contributed by atoms with van der Waals surface area (Å²) in [5, 5.41) is 0. The molecule has 4 heteroatoms. The lowest BCUT2D eigenvalue weighted by Crippen LogP contribution is -2.00. The summed E-state index contributed by atoms with van der Waals surface area (Å²) in [7, 11) is 0. The number of anilines is 1.